The molecule has 22 heavy (non-hydrogen) atoms. The molecule has 2 aromatic carbocycles. The predicted molar refractivity (Wildman–Crippen MR) is 85.7 cm³/mol. The number of ether oxygens (including phenoxy) is 2. The number of hydrogen-bond acceptors (Lipinski definition) is 3. The lowest BCUT2D eigenvalue weighted by atomic mass is 10.0. The molecule has 1 aliphatic heterocycles. The number of rotatable bonds is 4. The largest absolute Gasteiger partial charge is 0.496 e. The number of nitrogens with one attached hydrogen (secondary N) is 1. The average Bonchev–Trinajstić information content (AvgIpc) is 3.10. The summed E-state index contributed by atoms with van der Waals surface area (Å²) in [5, 5.41) is 2.86. The van der Waals surface area contributed by atoms with Gasteiger partial charge in [-0.3, -0.25) is 4.79 Å². The number of amides is 1. The maximum Gasteiger partial charge on any atom is 0.290 e. The summed E-state index contributed by atoms with van der Waals surface area (Å²) >= 11 is 0. The van der Waals surface area contributed by atoms with Gasteiger partial charge < -0.3 is 14.8 Å². The van der Waals surface area contributed by atoms with Crippen LogP contribution in [0.4, 0.5) is 5.69 Å². The van der Waals surface area contributed by atoms with Gasteiger partial charge in [-0.1, -0.05) is 30.3 Å². The molecule has 0 unspecified atom stereocenters. The SMILES string of the molecule is COc1ccc(NC(=O)C2=CCCO2)cc1-c1ccccc1. The molecule has 0 radical (unpaired) electrons. The fourth-order valence-corrected chi connectivity index (χ4v) is 2.40. The first-order chi connectivity index (χ1) is 10.8. The molecular formula is C18H17NO3. The van der Waals surface area contributed by atoms with Gasteiger partial charge in [0, 0.05) is 17.7 Å². The molecule has 4 nitrogen and oxygen atoms in total. The molecule has 0 spiro atoms. The summed E-state index contributed by atoms with van der Waals surface area (Å²) in [5.41, 5.74) is 2.68. The van der Waals surface area contributed by atoms with Crippen LogP contribution in [0.15, 0.2) is 60.4 Å². The van der Waals surface area contributed by atoms with Crippen molar-refractivity contribution in [1.29, 1.82) is 0 Å². The second-order valence-electron chi connectivity index (χ2n) is 4.94. The van der Waals surface area contributed by atoms with Crippen molar-refractivity contribution in [3.05, 3.63) is 60.4 Å². The zero-order chi connectivity index (χ0) is 15.4. The molecule has 0 saturated heterocycles. The third kappa shape index (κ3) is 2.96. The summed E-state index contributed by atoms with van der Waals surface area (Å²) in [6, 6.07) is 15.5. The van der Waals surface area contributed by atoms with Crippen molar-refractivity contribution in [2.24, 2.45) is 0 Å². The average molecular weight is 295 g/mol. The Balaban J connectivity index is 1.89. The highest BCUT2D eigenvalue weighted by molar-refractivity contribution is 6.02. The molecule has 0 fully saturated rings. The summed E-state index contributed by atoms with van der Waals surface area (Å²) < 4.78 is 10.7. The Hall–Kier alpha value is -2.75. The second-order valence-corrected chi connectivity index (χ2v) is 4.94. The van der Waals surface area contributed by atoms with E-state index in [1.165, 1.54) is 0 Å². The van der Waals surface area contributed by atoms with Gasteiger partial charge in [0.2, 0.25) is 0 Å². The Morgan fingerprint density at radius 1 is 1.18 bits per heavy atom. The second kappa shape index (κ2) is 6.35. The van der Waals surface area contributed by atoms with Crippen molar-refractivity contribution in [3.63, 3.8) is 0 Å². The van der Waals surface area contributed by atoms with Gasteiger partial charge in [-0.25, -0.2) is 0 Å². The highest BCUT2D eigenvalue weighted by Gasteiger charge is 2.16. The first kappa shape index (κ1) is 14.2. The zero-order valence-corrected chi connectivity index (χ0v) is 12.3. The Labute approximate surface area is 129 Å². The normalized spacial score (nSPS) is 13.2. The van der Waals surface area contributed by atoms with Gasteiger partial charge in [0.1, 0.15) is 5.75 Å². The molecule has 3 rings (SSSR count). The summed E-state index contributed by atoms with van der Waals surface area (Å²) in [5.74, 6) is 0.930. The molecule has 0 aliphatic carbocycles. The Morgan fingerprint density at radius 3 is 2.68 bits per heavy atom. The van der Waals surface area contributed by atoms with Crippen molar-refractivity contribution in [1.82, 2.24) is 0 Å². The number of carbonyl (C=O) groups is 1. The highest BCUT2D eigenvalue weighted by Crippen LogP contribution is 2.32. The molecule has 2 aromatic rings. The maximum atomic E-state index is 12.1. The molecule has 1 aliphatic rings. The van der Waals surface area contributed by atoms with Crippen molar-refractivity contribution < 1.29 is 14.3 Å². The van der Waals surface area contributed by atoms with Crippen LogP contribution >= 0.6 is 0 Å². The monoisotopic (exact) mass is 295 g/mol. The number of methoxy groups -OCH3 is 1. The molecule has 0 saturated carbocycles. The number of anilines is 1. The van der Waals surface area contributed by atoms with E-state index in [9.17, 15) is 4.79 Å². The van der Waals surface area contributed by atoms with Crippen LogP contribution in [0.3, 0.4) is 0 Å². The van der Waals surface area contributed by atoms with Crippen molar-refractivity contribution >= 4 is 11.6 Å². The Morgan fingerprint density at radius 2 is 2.00 bits per heavy atom. The van der Waals surface area contributed by atoms with E-state index in [2.05, 4.69) is 5.32 Å². The van der Waals surface area contributed by atoms with Crippen LogP contribution < -0.4 is 10.1 Å². The number of hydrogen-bond donors (Lipinski definition) is 1. The molecule has 0 atom stereocenters. The summed E-state index contributed by atoms with van der Waals surface area (Å²) in [6.07, 6.45) is 2.58. The van der Waals surface area contributed by atoms with E-state index in [0.717, 1.165) is 23.3 Å². The summed E-state index contributed by atoms with van der Waals surface area (Å²) in [4.78, 5) is 12.1. The number of carbonyl (C=O) groups excluding carboxylic acids is 1. The van der Waals surface area contributed by atoms with Crippen LogP contribution in [0.2, 0.25) is 0 Å². The quantitative estimate of drug-likeness (QED) is 0.937. The molecule has 112 valence electrons. The van der Waals surface area contributed by atoms with Crippen molar-refractivity contribution in [2.75, 3.05) is 19.0 Å². The lowest BCUT2D eigenvalue weighted by Gasteiger charge is -2.12. The molecule has 0 aromatic heterocycles. The molecule has 0 bridgehead atoms. The first-order valence-corrected chi connectivity index (χ1v) is 7.15. The topological polar surface area (TPSA) is 47.6 Å². The van der Waals surface area contributed by atoms with Crippen LogP contribution in [-0.2, 0) is 9.53 Å². The number of benzene rings is 2. The van der Waals surface area contributed by atoms with Gasteiger partial charge in [0.05, 0.1) is 13.7 Å². The van der Waals surface area contributed by atoms with Gasteiger partial charge in [0.15, 0.2) is 5.76 Å². The minimum Gasteiger partial charge on any atom is -0.496 e. The van der Waals surface area contributed by atoms with E-state index in [1.807, 2.05) is 48.5 Å². The van der Waals surface area contributed by atoms with Crippen molar-refractivity contribution in [3.8, 4) is 16.9 Å². The lowest BCUT2D eigenvalue weighted by Crippen LogP contribution is -2.14. The predicted octanol–water partition coefficient (Wildman–Crippen LogP) is 3.60. The van der Waals surface area contributed by atoms with E-state index in [0.29, 0.717) is 18.1 Å². The maximum absolute atomic E-state index is 12.1. The molecule has 1 N–H and O–H groups in total. The molecule has 1 heterocycles. The van der Waals surface area contributed by atoms with Crippen LogP contribution in [-0.4, -0.2) is 19.6 Å². The molecular weight excluding hydrogens is 278 g/mol. The fourth-order valence-electron chi connectivity index (χ4n) is 2.40. The van der Waals surface area contributed by atoms with Crippen LogP contribution in [0.25, 0.3) is 11.1 Å². The fraction of sp³-hybridized carbons (Fsp3) is 0.167. The van der Waals surface area contributed by atoms with Crippen LogP contribution in [0, 0.1) is 0 Å². The minimum absolute atomic E-state index is 0.221. The van der Waals surface area contributed by atoms with E-state index >= 15 is 0 Å². The minimum atomic E-state index is -0.221. The lowest BCUT2D eigenvalue weighted by molar-refractivity contribution is -0.115. The summed E-state index contributed by atoms with van der Waals surface area (Å²) in [6.45, 7) is 0.570. The van der Waals surface area contributed by atoms with Crippen LogP contribution in [0.5, 0.6) is 5.75 Å². The van der Waals surface area contributed by atoms with E-state index in [-0.39, 0.29) is 5.91 Å². The van der Waals surface area contributed by atoms with Crippen molar-refractivity contribution in [2.45, 2.75) is 6.42 Å². The van der Waals surface area contributed by atoms with E-state index < -0.39 is 0 Å². The smallest absolute Gasteiger partial charge is 0.290 e. The molecule has 1 amide bonds. The van der Waals surface area contributed by atoms with Gasteiger partial charge in [-0.05, 0) is 29.8 Å². The van der Waals surface area contributed by atoms with Gasteiger partial charge >= 0.3 is 0 Å². The Bertz CT molecular complexity index is 708. The van der Waals surface area contributed by atoms with Gasteiger partial charge in [-0.2, -0.15) is 0 Å². The standard InChI is InChI=1S/C18H17NO3/c1-21-16-10-9-14(19-18(20)17-8-5-11-22-17)12-15(16)13-6-3-2-4-7-13/h2-4,6-10,12H,5,11H2,1H3,(H,19,20). The van der Waals surface area contributed by atoms with Gasteiger partial charge in [0.25, 0.3) is 5.91 Å². The zero-order valence-electron chi connectivity index (χ0n) is 12.3. The molecule has 4 heteroatoms. The third-order valence-corrected chi connectivity index (χ3v) is 3.47. The Kier molecular flexibility index (Phi) is 4.10. The third-order valence-electron chi connectivity index (χ3n) is 3.47. The van der Waals surface area contributed by atoms with E-state index in [1.54, 1.807) is 13.2 Å². The first-order valence-electron chi connectivity index (χ1n) is 7.15. The van der Waals surface area contributed by atoms with Crippen LogP contribution in [0.1, 0.15) is 6.42 Å². The highest BCUT2D eigenvalue weighted by atomic mass is 16.5. The summed E-state index contributed by atoms with van der Waals surface area (Å²) in [7, 11) is 1.64. The van der Waals surface area contributed by atoms with Gasteiger partial charge in [-0.15, -0.1) is 0 Å². The van der Waals surface area contributed by atoms with E-state index in [4.69, 9.17) is 9.47 Å².